The molecule has 2 N–H and O–H groups in total. The predicted octanol–water partition coefficient (Wildman–Crippen LogP) is 0.950. The quantitative estimate of drug-likeness (QED) is 0.616. The molecule has 1 aliphatic rings. The van der Waals surface area contributed by atoms with Gasteiger partial charge >= 0.3 is 5.69 Å². The Bertz CT molecular complexity index is 1030. The second-order valence-corrected chi connectivity index (χ2v) is 7.56. The SMILES string of the molecule is O=C(Cc1cccs1)Nc1ccc(-n2nnn(CC(=O)NC3CC3)c2=O)cc1. The van der Waals surface area contributed by atoms with Gasteiger partial charge in [0.2, 0.25) is 11.8 Å². The number of carbonyl (C=O) groups is 2. The first-order valence-electron chi connectivity index (χ1n) is 8.83. The van der Waals surface area contributed by atoms with Crippen molar-refractivity contribution >= 4 is 28.8 Å². The smallest absolute Gasteiger partial charge is 0.352 e. The first kappa shape index (κ1) is 18.1. The van der Waals surface area contributed by atoms with Crippen molar-refractivity contribution in [2.45, 2.75) is 31.8 Å². The van der Waals surface area contributed by atoms with Crippen LogP contribution in [0.5, 0.6) is 0 Å². The van der Waals surface area contributed by atoms with Crippen molar-refractivity contribution in [3.63, 3.8) is 0 Å². The monoisotopic (exact) mass is 398 g/mol. The Kier molecular flexibility index (Phi) is 5.02. The minimum atomic E-state index is -0.500. The first-order chi connectivity index (χ1) is 13.6. The highest BCUT2D eigenvalue weighted by Crippen LogP contribution is 2.18. The lowest BCUT2D eigenvalue weighted by Crippen LogP contribution is -2.34. The highest BCUT2D eigenvalue weighted by Gasteiger charge is 2.24. The average molecular weight is 398 g/mol. The van der Waals surface area contributed by atoms with Crippen LogP contribution in [0.3, 0.4) is 0 Å². The number of amides is 2. The number of tetrazole rings is 1. The fourth-order valence-corrected chi connectivity index (χ4v) is 3.34. The van der Waals surface area contributed by atoms with Crippen LogP contribution < -0.4 is 16.3 Å². The lowest BCUT2D eigenvalue weighted by Gasteiger charge is -2.05. The van der Waals surface area contributed by atoms with Gasteiger partial charge < -0.3 is 10.6 Å². The third-order valence-corrected chi connectivity index (χ3v) is 5.06. The summed E-state index contributed by atoms with van der Waals surface area (Å²) in [5.74, 6) is -0.361. The third-order valence-electron chi connectivity index (χ3n) is 4.19. The van der Waals surface area contributed by atoms with E-state index in [4.69, 9.17) is 0 Å². The molecule has 0 unspecified atom stereocenters. The zero-order valence-corrected chi connectivity index (χ0v) is 15.7. The highest BCUT2D eigenvalue weighted by atomic mass is 32.1. The molecule has 0 aliphatic heterocycles. The van der Waals surface area contributed by atoms with Crippen molar-refractivity contribution in [3.8, 4) is 5.69 Å². The summed E-state index contributed by atoms with van der Waals surface area (Å²) in [6, 6.07) is 10.7. The largest absolute Gasteiger partial charge is 0.368 e. The maximum Gasteiger partial charge on any atom is 0.368 e. The number of thiophene rings is 1. The van der Waals surface area contributed by atoms with Gasteiger partial charge in [-0.05, 0) is 59.0 Å². The van der Waals surface area contributed by atoms with E-state index < -0.39 is 5.69 Å². The van der Waals surface area contributed by atoms with Gasteiger partial charge in [-0.25, -0.2) is 4.79 Å². The number of carbonyl (C=O) groups excluding carboxylic acids is 2. The molecule has 1 saturated carbocycles. The summed E-state index contributed by atoms with van der Waals surface area (Å²) in [6.45, 7) is -0.161. The summed E-state index contributed by atoms with van der Waals surface area (Å²) >= 11 is 1.53. The van der Waals surface area contributed by atoms with Crippen LogP contribution in [0.4, 0.5) is 5.69 Å². The van der Waals surface area contributed by atoms with Crippen LogP contribution in [0.1, 0.15) is 17.7 Å². The van der Waals surface area contributed by atoms with E-state index in [1.165, 1.54) is 11.3 Å². The Morgan fingerprint density at radius 1 is 1.11 bits per heavy atom. The highest BCUT2D eigenvalue weighted by molar-refractivity contribution is 7.10. The molecular formula is C18H18N6O3S. The Balaban J connectivity index is 1.40. The van der Waals surface area contributed by atoms with E-state index >= 15 is 0 Å². The Labute approximate surface area is 164 Å². The van der Waals surface area contributed by atoms with Crippen LogP contribution in [0.25, 0.3) is 5.69 Å². The van der Waals surface area contributed by atoms with Crippen molar-refractivity contribution in [1.82, 2.24) is 25.1 Å². The fraction of sp³-hybridized carbons (Fsp3) is 0.278. The molecule has 10 heteroatoms. The maximum absolute atomic E-state index is 12.4. The van der Waals surface area contributed by atoms with E-state index in [2.05, 4.69) is 21.1 Å². The molecule has 4 rings (SSSR count). The number of aromatic nitrogens is 4. The molecule has 0 bridgehead atoms. The number of rotatable bonds is 7. The molecule has 1 aromatic carbocycles. The van der Waals surface area contributed by atoms with E-state index in [-0.39, 0.29) is 24.4 Å². The van der Waals surface area contributed by atoms with Gasteiger partial charge in [-0.2, -0.15) is 9.36 Å². The van der Waals surface area contributed by atoms with Gasteiger partial charge in [0.25, 0.3) is 0 Å². The topological polar surface area (TPSA) is 111 Å². The molecule has 0 saturated heterocycles. The van der Waals surface area contributed by atoms with E-state index in [1.54, 1.807) is 24.3 Å². The number of nitrogens with one attached hydrogen (secondary N) is 2. The molecule has 1 aliphatic carbocycles. The van der Waals surface area contributed by atoms with Gasteiger partial charge in [-0.1, -0.05) is 6.07 Å². The predicted molar refractivity (Wildman–Crippen MR) is 103 cm³/mol. The van der Waals surface area contributed by atoms with Crippen molar-refractivity contribution in [2.75, 3.05) is 5.32 Å². The Morgan fingerprint density at radius 2 is 1.89 bits per heavy atom. The summed E-state index contributed by atoms with van der Waals surface area (Å²) in [5, 5.41) is 15.1. The number of benzene rings is 1. The summed E-state index contributed by atoms with van der Waals surface area (Å²) in [5.41, 5.74) is 0.616. The summed E-state index contributed by atoms with van der Waals surface area (Å²) in [7, 11) is 0. The van der Waals surface area contributed by atoms with Crippen LogP contribution >= 0.6 is 11.3 Å². The zero-order valence-electron chi connectivity index (χ0n) is 14.9. The molecule has 144 valence electrons. The minimum absolute atomic E-state index is 0.111. The van der Waals surface area contributed by atoms with E-state index in [9.17, 15) is 14.4 Å². The average Bonchev–Trinajstić information content (AvgIpc) is 3.19. The van der Waals surface area contributed by atoms with Gasteiger partial charge in [0.05, 0.1) is 12.1 Å². The third kappa shape index (κ3) is 4.34. The summed E-state index contributed by atoms with van der Waals surface area (Å²) in [4.78, 5) is 37.3. The van der Waals surface area contributed by atoms with Crippen LogP contribution in [0.2, 0.25) is 0 Å². The van der Waals surface area contributed by atoms with E-state index in [0.29, 0.717) is 17.8 Å². The Morgan fingerprint density at radius 3 is 2.57 bits per heavy atom. The van der Waals surface area contributed by atoms with Crippen molar-refractivity contribution < 1.29 is 9.59 Å². The van der Waals surface area contributed by atoms with Gasteiger partial charge in [0, 0.05) is 16.6 Å². The summed E-state index contributed by atoms with van der Waals surface area (Å²) in [6.07, 6.45) is 2.27. The van der Waals surface area contributed by atoms with Crippen LogP contribution in [-0.4, -0.2) is 37.6 Å². The molecule has 0 atom stereocenters. The second-order valence-electron chi connectivity index (χ2n) is 6.52. The second kappa shape index (κ2) is 7.77. The fourth-order valence-electron chi connectivity index (χ4n) is 2.64. The van der Waals surface area contributed by atoms with Gasteiger partial charge in [-0.15, -0.1) is 11.3 Å². The molecule has 0 spiro atoms. The maximum atomic E-state index is 12.4. The first-order valence-corrected chi connectivity index (χ1v) is 9.71. The zero-order chi connectivity index (χ0) is 19.5. The van der Waals surface area contributed by atoms with Crippen molar-refractivity contribution in [1.29, 1.82) is 0 Å². The molecular weight excluding hydrogens is 380 g/mol. The van der Waals surface area contributed by atoms with E-state index in [1.807, 2.05) is 17.5 Å². The molecule has 2 aromatic heterocycles. The van der Waals surface area contributed by atoms with E-state index in [0.717, 1.165) is 27.1 Å². The van der Waals surface area contributed by atoms with Crippen molar-refractivity contribution in [2.24, 2.45) is 0 Å². The van der Waals surface area contributed by atoms with Crippen LogP contribution in [-0.2, 0) is 22.6 Å². The number of hydrogen-bond donors (Lipinski definition) is 2. The molecule has 3 aromatic rings. The van der Waals surface area contributed by atoms with Gasteiger partial charge in [-0.3, -0.25) is 9.59 Å². The number of anilines is 1. The molecule has 28 heavy (non-hydrogen) atoms. The molecule has 2 amide bonds. The lowest BCUT2D eigenvalue weighted by molar-refractivity contribution is -0.122. The van der Waals surface area contributed by atoms with Gasteiger partial charge in [0.1, 0.15) is 6.54 Å². The molecule has 1 fully saturated rings. The number of hydrogen-bond acceptors (Lipinski definition) is 6. The normalized spacial score (nSPS) is 13.3. The molecule has 9 nitrogen and oxygen atoms in total. The van der Waals surface area contributed by atoms with Gasteiger partial charge in [0.15, 0.2) is 0 Å². The lowest BCUT2D eigenvalue weighted by atomic mass is 10.2. The van der Waals surface area contributed by atoms with Crippen LogP contribution in [0, 0.1) is 0 Å². The van der Waals surface area contributed by atoms with Crippen LogP contribution in [0.15, 0.2) is 46.6 Å². The summed E-state index contributed by atoms with van der Waals surface area (Å²) < 4.78 is 2.14. The number of nitrogens with zero attached hydrogens (tertiary/aromatic N) is 4. The standard InChI is InChI=1S/C18H18N6O3S/c25-16(10-15-2-1-9-28-15)19-13-5-7-14(8-6-13)24-18(27)23(21-22-24)11-17(26)20-12-3-4-12/h1-2,5-9,12H,3-4,10-11H2,(H,19,25)(H,20,26). The minimum Gasteiger partial charge on any atom is -0.352 e. The Hall–Kier alpha value is -3.27. The molecule has 0 radical (unpaired) electrons. The molecule has 2 heterocycles. The van der Waals surface area contributed by atoms with Crippen molar-refractivity contribution in [3.05, 3.63) is 57.1 Å².